The van der Waals surface area contributed by atoms with E-state index in [0.717, 1.165) is 0 Å². The summed E-state index contributed by atoms with van der Waals surface area (Å²) in [5.74, 6) is -1.37. The van der Waals surface area contributed by atoms with Gasteiger partial charge in [0.2, 0.25) is 10.0 Å². The van der Waals surface area contributed by atoms with Crippen molar-refractivity contribution in [2.45, 2.75) is 37.6 Å². The molecular weight excluding hydrogens is 368 g/mol. The molecule has 0 aromatic heterocycles. The summed E-state index contributed by atoms with van der Waals surface area (Å²) in [6.07, 6.45) is 0.528. The van der Waals surface area contributed by atoms with Crippen LogP contribution in [0.2, 0.25) is 0 Å². The minimum Gasteiger partial charge on any atom is -0.481 e. The van der Waals surface area contributed by atoms with E-state index < -0.39 is 21.9 Å². The Morgan fingerprint density at radius 3 is 2.37 bits per heavy atom. The van der Waals surface area contributed by atoms with Crippen molar-refractivity contribution in [3.63, 3.8) is 0 Å². The van der Waals surface area contributed by atoms with Crippen molar-refractivity contribution in [3.05, 3.63) is 59.7 Å². The number of carbonyl (C=O) groups excluding carboxylic acids is 1. The third-order valence-corrected chi connectivity index (χ3v) is 5.54. The van der Waals surface area contributed by atoms with Crippen molar-refractivity contribution in [3.8, 4) is 0 Å². The topological polar surface area (TPSA) is 113 Å². The molecule has 0 aliphatic rings. The minimum atomic E-state index is -3.63. The fourth-order valence-electron chi connectivity index (χ4n) is 2.34. The molecule has 0 radical (unpaired) electrons. The zero-order chi connectivity index (χ0) is 20.0. The minimum absolute atomic E-state index is 0.0859. The summed E-state index contributed by atoms with van der Waals surface area (Å²) >= 11 is 0. The van der Waals surface area contributed by atoms with Gasteiger partial charge < -0.3 is 10.4 Å². The second kappa shape index (κ2) is 8.79. The number of hydrogen-bond acceptors (Lipinski definition) is 4. The van der Waals surface area contributed by atoms with E-state index in [2.05, 4.69) is 10.0 Å². The summed E-state index contributed by atoms with van der Waals surface area (Å²) in [7, 11) is -3.63. The molecule has 8 heteroatoms. The molecule has 3 N–H and O–H groups in total. The summed E-state index contributed by atoms with van der Waals surface area (Å²) in [6.45, 7) is 3.66. The second-order valence-corrected chi connectivity index (χ2v) is 7.89. The molecule has 2 aromatic rings. The van der Waals surface area contributed by atoms with Crippen LogP contribution in [0.25, 0.3) is 0 Å². The summed E-state index contributed by atoms with van der Waals surface area (Å²) in [6, 6.07) is 12.0. The van der Waals surface area contributed by atoms with Gasteiger partial charge in [0.1, 0.15) is 0 Å². The van der Waals surface area contributed by atoms with Crippen molar-refractivity contribution in [2.24, 2.45) is 0 Å². The van der Waals surface area contributed by atoms with Gasteiger partial charge in [0.05, 0.1) is 11.3 Å². The lowest BCUT2D eigenvalue weighted by Gasteiger charge is -2.12. The van der Waals surface area contributed by atoms with Crippen LogP contribution in [-0.4, -0.2) is 31.4 Å². The fourth-order valence-corrected chi connectivity index (χ4v) is 3.67. The molecule has 7 nitrogen and oxygen atoms in total. The van der Waals surface area contributed by atoms with Crippen molar-refractivity contribution in [1.29, 1.82) is 0 Å². The lowest BCUT2D eigenvalue weighted by molar-refractivity contribution is -0.136. The van der Waals surface area contributed by atoms with E-state index in [1.807, 2.05) is 6.92 Å². The van der Waals surface area contributed by atoms with Gasteiger partial charge >= 0.3 is 5.97 Å². The Bertz CT molecular complexity index is 923. The average molecular weight is 390 g/mol. The SMILES string of the molecule is CCC(C)NS(=O)(=O)c1ccc(C(=O)Nc2cccc(CC(=O)O)c2)cc1. The van der Waals surface area contributed by atoms with Gasteiger partial charge in [-0.05, 0) is 55.3 Å². The van der Waals surface area contributed by atoms with Gasteiger partial charge in [-0.2, -0.15) is 0 Å². The number of carboxylic acid groups (broad SMARTS) is 1. The molecule has 2 aromatic carbocycles. The van der Waals surface area contributed by atoms with Crippen LogP contribution in [0, 0.1) is 0 Å². The first kappa shape index (κ1) is 20.6. The van der Waals surface area contributed by atoms with Crippen molar-refractivity contribution in [1.82, 2.24) is 4.72 Å². The van der Waals surface area contributed by atoms with Gasteiger partial charge in [-0.3, -0.25) is 9.59 Å². The molecule has 1 unspecified atom stereocenters. The first-order valence-corrected chi connectivity index (χ1v) is 9.94. The molecule has 0 fully saturated rings. The third kappa shape index (κ3) is 5.90. The Morgan fingerprint density at radius 2 is 1.78 bits per heavy atom. The van der Waals surface area contributed by atoms with Crippen LogP contribution >= 0.6 is 0 Å². The van der Waals surface area contributed by atoms with Crippen LogP contribution in [0.4, 0.5) is 5.69 Å². The maximum absolute atomic E-state index is 12.3. The Hall–Kier alpha value is -2.71. The van der Waals surface area contributed by atoms with Crippen molar-refractivity contribution < 1.29 is 23.1 Å². The first-order chi connectivity index (χ1) is 12.7. The predicted molar refractivity (Wildman–Crippen MR) is 102 cm³/mol. The summed E-state index contributed by atoms with van der Waals surface area (Å²) in [5, 5.41) is 11.5. The maximum atomic E-state index is 12.3. The fraction of sp³-hybridized carbons (Fsp3) is 0.263. The van der Waals surface area contributed by atoms with Gasteiger partial charge in [0, 0.05) is 17.3 Å². The van der Waals surface area contributed by atoms with Crippen LogP contribution in [0.1, 0.15) is 36.2 Å². The molecule has 0 aliphatic heterocycles. The van der Waals surface area contributed by atoms with E-state index in [9.17, 15) is 18.0 Å². The van der Waals surface area contributed by atoms with Gasteiger partial charge in [-0.15, -0.1) is 0 Å². The predicted octanol–water partition coefficient (Wildman–Crippen LogP) is 2.64. The van der Waals surface area contributed by atoms with Crippen LogP contribution in [0.15, 0.2) is 53.4 Å². The van der Waals surface area contributed by atoms with Crippen molar-refractivity contribution in [2.75, 3.05) is 5.32 Å². The van der Waals surface area contributed by atoms with Crippen LogP contribution in [-0.2, 0) is 21.2 Å². The summed E-state index contributed by atoms with van der Waals surface area (Å²) in [4.78, 5) is 23.2. The zero-order valence-corrected chi connectivity index (χ0v) is 15.9. The normalized spacial score (nSPS) is 12.4. The number of nitrogens with one attached hydrogen (secondary N) is 2. The van der Waals surface area contributed by atoms with E-state index in [0.29, 0.717) is 23.2 Å². The van der Waals surface area contributed by atoms with Gasteiger partial charge in [0.15, 0.2) is 0 Å². The number of hydrogen-bond donors (Lipinski definition) is 3. The molecule has 27 heavy (non-hydrogen) atoms. The molecule has 0 bridgehead atoms. The van der Waals surface area contributed by atoms with Crippen LogP contribution < -0.4 is 10.0 Å². The van der Waals surface area contributed by atoms with E-state index in [1.165, 1.54) is 24.3 Å². The Balaban J connectivity index is 2.11. The molecule has 144 valence electrons. The van der Waals surface area contributed by atoms with Gasteiger partial charge in [-0.1, -0.05) is 19.1 Å². The van der Waals surface area contributed by atoms with Crippen LogP contribution in [0.5, 0.6) is 0 Å². The molecule has 0 heterocycles. The highest BCUT2D eigenvalue weighted by Crippen LogP contribution is 2.15. The number of sulfonamides is 1. The summed E-state index contributed by atoms with van der Waals surface area (Å²) in [5.41, 5.74) is 1.33. The third-order valence-electron chi connectivity index (χ3n) is 3.94. The van der Waals surface area contributed by atoms with Gasteiger partial charge in [-0.25, -0.2) is 13.1 Å². The maximum Gasteiger partial charge on any atom is 0.307 e. The first-order valence-electron chi connectivity index (χ1n) is 8.45. The Morgan fingerprint density at radius 1 is 1.11 bits per heavy atom. The number of amides is 1. The highest BCUT2D eigenvalue weighted by molar-refractivity contribution is 7.89. The standard InChI is InChI=1S/C19H22N2O5S/c1-3-13(2)21-27(25,26)17-9-7-15(8-10-17)19(24)20-16-6-4-5-14(11-16)12-18(22)23/h4-11,13,21H,3,12H2,1-2H3,(H,20,24)(H,22,23). The van der Waals surface area contributed by atoms with E-state index >= 15 is 0 Å². The van der Waals surface area contributed by atoms with Crippen molar-refractivity contribution >= 4 is 27.6 Å². The zero-order valence-electron chi connectivity index (χ0n) is 15.1. The Kier molecular flexibility index (Phi) is 6.70. The summed E-state index contributed by atoms with van der Waals surface area (Å²) < 4.78 is 27.0. The van der Waals surface area contributed by atoms with E-state index in [4.69, 9.17) is 5.11 Å². The van der Waals surface area contributed by atoms with E-state index in [-0.39, 0.29) is 17.4 Å². The number of benzene rings is 2. The van der Waals surface area contributed by atoms with Crippen LogP contribution in [0.3, 0.4) is 0 Å². The number of aliphatic carboxylic acids is 1. The Labute approximate surface area is 158 Å². The number of rotatable bonds is 8. The molecule has 0 aliphatic carbocycles. The quantitative estimate of drug-likeness (QED) is 0.641. The number of carbonyl (C=O) groups is 2. The molecule has 1 atom stereocenters. The highest BCUT2D eigenvalue weighted by Gasteiger charge is 2.17. The lowest BCUT2D eigenvalue weighted by Crippen LogP contribution is -2.32. The molecule has 1 amide bonds. The molecule has 0 spiro atoms. The smallest absolute Gasteiger partial charge is 0.307 e. The highest BCUT2D eigenvalue weighted by atomic mass is 32.2. The molecule has 2 rings (SSSR count). The largest absolute Gasteiger partial charge is 0.481 e. The molecular formula is C19H22N2O5S. The average Bonchev–Trinajstić information content (AvgIpc) is 2.61. The monoisotopic (exact) mass is 390 g/mol. The molecule has 0 saturated heterocycles. The molecule has 0 saturated carbocycles. The number of anilines is 1. The lowest BCUT2D eigenvalue weighted by atomic mass is 10.1. The number of carboxylic acids is 1. The van der Waals surface area contributed by atoms with E-state index in [1.54, 1.807) is 31.2 Å². The second-order valence-electron chi connectivity index (χ2n) is 6.18. The van der Waals surface area contributed by atoms with Gasteiger partial charge in [0.25, 0.3) is 5.91 Å².